The van der Waals surface area contributed by atoms with Crippen molar-refractivity contribution in [3.05, 3.63) is 51.6 Å². The van der Waals surface area contributed by atoms with Crippen LogP contribution < -0.4 is 0 Å². The summed E-state index contributed by atoms with van der Waals surface area (Å²) >= 11 is 1.34. The number of hydrogen-bond donors (Lipinski definition) is 1. The molecule has 0 aliphatic heterocycles. The molecule has 0 atom stereocenters. The number of carbonyl (C=O) groups is 2. The maximum atomic E-state index is 12.7. The first-order chi connectivity index (χ1) is 11.0. The number of carbonyl (C=O) groups excluding carboxylic acids is 2. The number of H-pyrrole nitrogens is 1. The number of thiazole rings is 1. The Labute approximate surface area is 137 Å². The lowest BCUT2D eigenvalue weighted by atomic mass is 10.1. The van der Waals surface area contributed by atoms with Gasteiger partial charge in [-0.1, -0.05) is 26.0 Å². The average molecular weight is 328 g/mol. The molecule has 0 unspecified atom stereocenters. The van der Waals surface area contributed by atoms with Crippen LogP contribution in [-0.2, 0) is 4.74 Å². The smallest absolute Gasteiger partial charge is 0.339 e. The summed E-state index contributed by atoms with van der Waals surface area (Å²) < 4.78 is 4.77. The van der Waals surface area contributed by atoms with Gasteiger partial charge in [0, 0.05) is 17.0 Å². The number of methoxy groups -OCH3 is 1. The van der Waals surface area contributed by atoms with E-state index in [-0.39, 0.29) is 11.7 Å². The fourth-order valence-electron chi connectivity index (χ4n) is 2.39. The van der Waals surface area contributed by atoms with Gasteiger partial charge in [0.25, 0.3) is 0 Å². The first-order valence-electron chi connectivity index (χ1n) is 7.21. The van der Waals surface area contributed by atoms with Crippen molar-refractivity contribution in [3.8, 4) is 0 Å². The molecule has 0 saturated carbocycles. The molecule has 0 radical (unpaired) electrons. The third-order valence-corrected chi connectivity index (χ3v) is 4.53. The summed E-state index contributed by atoms with van der Waals surface area (Å²) in [5, 5.41) is 3.06. The Morgan fingerprint density at radius 1 is 1.26 bits per heavy atom. The number of hydrogen-bond acceptors (Lipinski definition) is 5. The summed E-state index contributed by atoms with van der Waals surface area (Å²) in [6, 6.07) is 5.21. The predicted octanol–water partition coefficient (Wildman–Crippen LogP) is 3.77. The van der Waals surface area contributed by atoms with Gasteiger partial charge in [-0.3, -0.25) is 4.79 Å². The van der Waals surface area contributed by atoms with E-state index in [0.29, 0.717) is 27.0 Å². The van der Waals surface area contributed by atoms with Gasteiger partial charge in [-0.2, -0.15) is 0 Å². The van der Waals surface area contributed by atoms with E-state index in [9.17, 15) is 9.59 Å². The fourth-order valence-corrected chi connectivity index (χ4v) is 3.33. The van der Waals surface area contributed by atoms with Gasteiger partial charge in [0.15, 0.2) is 5.01 Å². The van der Waals surface area contributed by atoms with Crippen molar-refractivity contribution in [2.24, 2.45) is 0 Å². The molecule has 0 amide bonds. The fraction of sp³-hybridized carbons (Fsp3) is 0.235. The lowest BCUT2D eigenvalue weighted by molar-refractivity contribution is 0.0602. The minimum atomic E-state index is -0.437. The van der Waals surface area contributed by atoms with Crippen molar-refractivity contribution in [3.63, 3.8) is 0 Å². The van der Waals surface area contributed by atoms with Crippen LogP contribution in [0.25, 0.3) is 10.9 Å². The molecule has 2 heterocycles. The quantitative estimate of drug-likeness (QED) is 0.584. The number of ether oxygens (including phenoxy) is 1. The van der Waals surface area contributed by atoms with Crippen LogP contribution in [0.15, 0.2) is 29.8 Å². The van der Waals surface area contributed by atoms with Crippen LogP contribution in [0.1, 0.15) is 51.2 Å². The number of nitrogens with one attached hydrogen (secondary N) is 1. The maximum absolute atomic E-state index is 12.7. The Hall–Kier alpha value is -2.47. The molecule has 3 aromatic rings. The van der Waals surface area contributed by atoms with Crippen LogP contribution in [0, 0.1) is 0 Å². The SMILES string of the molecule is COC(=O)c1cccc2c(C(=O)c3nc(C(C)C)cs3)c[nH]c12. The largest absolute Gasteiger partial charge is 0.465 e. The van der Waals surface area contributed by atoms with Crippen molar-refractivity contribution in [1.82, 2.24) is 9.97 Å². The van der Waals surface area contributed by atoms with Gasteiger partial charge < -0.3 is 9.72 Å². The molecule has 23 heavy (non-hydrogen) atoms. The molecule has 0 saturated heterocycles. The van der Waals surface area contributed by atoms with Crippen LogP contribution >= 0.6 is 11.3 Å². The Balaban J connectivity index is 2.06. The first-order valence-corrected chi connectivity index (χ1v) is 8.09. The average Bonchev–Trinajstić information content (AvgIpc) is 3.20. The van der Waals surface area contributed by atoms with E-state index in [1.165, 1.54) is 18.4 Å². The minimum Gasteiger partial charge on any atom is -0.465 e. The van der Waals surface area contributed by atoms with Crippen molar-refractivity contribution in [1.29, 1.82) is 0 Å². The summed E-state index contributed by atoms with van der Waals surface area (Å²) in [6.45, 7) is 4.08. The first kappa shape index (κ1) is 15.4. The maximum Gasteiger partial charge on any atom is 0.339 e. The molecular formula is C17H16N2O3S. The third kappa shape index (κ3) is 2.66. The van der Waals surface area contributed by atoms with Crippen LogP contribution in [0.2, 0.25) is 0 Å². The van der Waals surface area contributed by atoms with Crippen molar-refractivity contribution < 1.29 is 14.3 Å². The number of fused-ring (bicyclic) bond motifs is 1. The van der Waals surface area contributed by atoms with Crippen molar-refractivity contribution in [2.45, 2.75) is 19.8 Å². The zero-order valence-electron chi connectivity index (χ0n) is 13.0. The van der Waals surface area contributed by atoms with E-state index in [2.05, 4.69) is 9.97 Å². The molecule has 2 aromatic heterocycles. The number of nitrogens with zero attached hydrogens (tertiary/aromatic N) is 1. The highest BCUT2D eigenvalue weighted by Gasteiger charge is 2.20. The molecule has 1 aromatic carbocycles. The van der Waals surface area contributed by atoms with Gasteiger partial charge in [-0.05, 0) is 12.0 Å². The van der Waals surface area contributed by atoms with Gasteiger partial charge in [-0.25, -0.2) is 9.78 Å². The van der Waals surface area contributed by atoms with E-state index in [1.54, 1.807) is 18.3 Å². The summed E-state index contributed by atoms with van der Waals surface area (Å²) in [4.78, 5) is 32.0. The predicted molar refractivity (Wildman–Crippen MR) is 89.3 cm³/mol. The van der Waals surface area contributed by atoms with Gasteiger partial charge in [0.05, 0.1) is 29.4 Å². The third-order valence-electron chi connectivity index (χ3n) is 3.67. The summed E-state index contributed by atoms with van der Waals surface area (Å²) in [7, 11) is 1.33. The Morgan fingerprint density at radius 2 is 2.04 bits per heavy atom. The normalized spacial score (nSPS) is 11.1. The Morgan fingerprint density at radius 3 is 2.70 bits per heavy atom. The van der Waals surface area contributed by atoms with Gasteiger partial charge in [-0.15, -0.1) is 11.3 Å². The molecule has 0 spiro atoms. The molecule has 1 N–H and O–H groups in total. The molecule has 0 fully saturated rings. The molecule has 6 heteroatoms. The van der Waals surface area contributed by atoms with Crippen LogP contribution in [0.4, 0.5) is 0 Å². The molecule has 0 bridgehead atoms. The van der Waals surface area contributed by atoms with Crippen LogP contribution in [0.5, 0.6) is 0 Å². The highest BCUT2D eigenvalue weighted by molar-refractivity contribution is 7.12. The van der Waals surface area contributed by atoms with Crippen LogP contribution in [-0.4, -0.2) is 28.8 Å². The van der Waals surface area contributed by atoms with Crippen molar-refractivity contribution in [2.75, 3.05) is 7.11 Å². The highest BCUT2D eigenvalue weighted by Crippen LogP contribution is 2.26. The Kier molecular flexibility index (Phi) is 4.00. The van der Waals surface area contributed by atoms with E-state index >= 15 is 0 Å². The van der Waals surface area contributed by atoms with Crippen molar-refractivity contribution >= 4 is 34.0 Å². The molecule has 0 aliphatic rings. The van der Waals surface area contributed by atoms with E-state index in [4.69, 9.17) is 4.74 Å². The number of esters is 1. The number of rotatable bonds is 4. The number of aromatic amines is 1. The summed E-state index contributed by atoms with van der Waals surface area (Å²) in [5.41, 5.74) is 2.43. The topological polar surface area (TPSA) is 72.1 Å². The lowest BCUT2D eigenvalue weighted by Crippen LogP contribution is -2.03. The minimum absolute atomic E-state index is 0.143. The zero-order valence-corrected chi connectivity index (χ0v) is 13.9. The standard InChI is InChI=1S/C17H16N2O3S/c1-9(2)13-8-23-16(19-13)15(20)12-7-18-14-10(12)5-4-6-11(14)17(21)22-3/h4-9,18H,1-3H3. The second-order valence-corrected chi connectivity index (χ2v) is 6.34. The van der Waals surface area contributed by atoms with E-state index in [1.807, 2.05) is 25.3 Å². The number of ketones is 1. The van der Waals surface area contributed by atoms with E-state index in [0.717, 1.165) is 5.69 Å². The zero-order chi connectivity index (χ0) is 16.6. The molecule has 5 nitrogen and oxygen atoms in total. The summed E-state index contributed by atoms with van der Waals surface area (Å²) in [5.74, 6) is -0.301. The lowest BCUT2D eigenvalue weighted by Gasteiger charge is -2.01. The Bertz CT molecular complexity index is 892. The second kappa shape index (κ2) is 5.96. The highest BCUT2D eigenvalue weighted by atomic mass is 32.1. The molecule has 3 rings (SSSR count). The van der Waals surface area contributed by atoms with Gasteiger partial charge in [0.2, 0.25) is 5.78 Å². The number of para-hydroxylation sites is 1. The molecule has 0 aliphatic carbocycles. The van der Waals surface area contributed by atoms with E-state index < -0.39 is 5.97 Å². The number of benzene rings is 1. The molecule has 118 valence electrons. The van der Waals surface area contributed by atoms with Gasteiger partial charge in [0.1, 0.15) is 0 Å². The monoisotopic (exact) mass is 328 g/mol. The summed E-state index contributed by atoms with van der Waals surface area (Å²) in [6.07, 6.45) is 1.62. The number of aromatic nitrogens is 2. The second-order valence-electron chi connectivity index (χ2n) is 5.48. The van der Waals surface area contributed by atoms with Gasteiger partial charge >= 0.3 is 5.97 Å². The van der Waals surface area contributed by atoms with Crippen LogP contribution in [0.3, 0.4) is 0 Å². The molecular weight excluding hydrogens is 312 g/mol.